The molecule has 1 rings (SSSR count). The van der Waals surface area contributed by atoms with E-state index in [1.165, 1.54) is 5.01 Å². The molecule has 21 heavy (non-hydrogen) atoms. The van der Waals surface area contributed by atoms with Gasteiger partial charge < -0.3 is 4.74 Å². The normalized spacial score (nSPS) is 18.0. The number of hydrogen-bond donors (Lipinski definition) is 1. The molecule has 120 valence electrons. The van der Waals surface area contributed by atoms with Crippen molar-refractivity contribution in [2.45, 2.75) is 66.4 Å². The number of carbonyl (C=O) groups is 2. The summed E-state index contributed by atoms with van der Waals surface area (Å²) in [5, 5.41) is 1.45. The largest absolute Gasteiger partial charge is 0.442 e. The summed E-state index contributed by atoms with van der Waals surface area (Å²) < 4.78 is 5.39. The van der Waals surface area contributed by atoms with Gasteiger partial charge in [0.2, 0.25) is 0 Å². The van der Waals surface area contributed by atoms with Crippen LogP contribution in [0.25, 0.3) is 0 Å². The van der Waals surface area contributed by atoms with E-state index in [9.17, 15) is 9.59 Å². The lowest BCUT2D eigenvalue weighted by Gasteiger charge is -2.33. The second-order valence-electron chi connectivity index (χ2n) is 7.40. The lowest BCUT2D eigenvalue weighted by Crippen LogP contribution is -2.46. The van der Waals surface area contributed by atoms with Gasteiger partial charge in [-0.15, -0.1) is 0 Å². The predicted molar refractivity (Wildman–Crippen MR) is 82.5 cm³/mol. The van der Waals surface area contributed by atoms with Crippen molar-refractivity contribution in [3.63, 3.8) is 0 Å². The second kappa shape index (κ2) is 6.50. The fraction of sp³-hybridized carbons (Fsp3) is 0.750. The first-order valence-corrected chi connectivity index (χ1v) is 7.53. The Labute approximate surface area is 127 Å². The van der Waals surface area contributed by atoms with Crippen molar-refractivity contribution in [1.29, 1.82) is 0 Å². The zero-order chi connectivity index (χ0) is 16.3. The molecule has 1 aliphatic rings. The van der Waals surface area contributed by atoms with E-state index in [2.05, 4.69) is 19.3 Å². The molecule has 0 heterocycles. The number of ketones is 1. The highest BCUT2D eigenvalue weighted by Crippen LogP contribution is 2.32. The molecular weight excluding hydrogens is 268 g/mol. The maximum Gasteiger partial charge on any atom is 0.429 e. The van der Waals surface area contributed by atoms with Crippen LogP contribution in [0.5, 0.6) is 0 Å². The molecule has 5 nitrogen and oxygen atoms in total. The second-order valence-corrected chi connectivity index (χ2v) is 7.40. The summed E-state index contributed by atoms with van der Waals surface area (Å²) in [6, 6.07) is 0. The Kier molecular flexibility index (Phi) is 5.42. The maximum absolute atomic E-state index is 12.2. The highest BCUT2D eigenvalue weighted by molar-refractivity contribution is 5.91. The van der Waals surface area contributed by atoms with E-state index in [4.69, 9.17) is 4.74 Å². The summed E-state index contributed by atoms with van der Waals surface area (Å²) in [5.74, 6) is 0.0920. The van der Waals surface area contributed by atoms with E-state index in [0.29, 0.717) is 13.0 Å². The van der Waals surface area contributed by atoms with E-state index < -0.39 is 11.7 Å². The van der Waals surface area contributed by atoms with Crippen molar-refractivity contribution in [2.24, 2.45) is 5.41 Å². The van der Waals surface area contributed by atoms with Crippen LogP contribution in [0.2, 0.25) is 0 Å². The van der Waals surface area contributed by atoms with E-state index in [1.54, 1.807) is 6.08 Å². The van der Waals surface area contributed by atoms with Crippen LogP contribution in [0.1, 0.15) is 60.8 Å². The minimum Gasteiger partial charge on any atom is -0.442 e. The van der Waals surface area contributed by atoms with Crippen LogP contribution >= 0.6 is 0 Å². The lowest BCUT2D eigenvalue weighted by atomic mass is 9.79. The van der Waals surface area contributed by atoms with Crippen molar-refractivity contribution in [2.75, 3.05) is 6.54 Å². The number of rotatable bonds is 4. The Hall–Kier alpha value is -1.52. The molecule has 0 aliphatic heterocycles. The number of amides is 1. The fourth-order valence-corrected chi connectivity index (χ4v) is 2.32. The van der Waals surface area contributed by atoms with E-state index in [1.807, 2.05) is 27.7 Å². The Morgan fingerprint density at radius 2 is 2.00 bits per heavy atom. The molecule has 0 radical (unpaired) electrons. The van der Waals surface area contributed by atoms with Gasteiger partial charge in [-0.1, -0.05) is 20.8 Å². The SMILES string of the molecule is CCCN(NC1=CC(=O)CC(C)(C)C1)C(=O)OC(C)(C)C. The Balaban J connectivity index is 2.79. The van der Waals surface area contributed by atoms with Gasteiger partial charge in [-0.25, -0.2) is 9.80 Å². The van der Waals surface area contributed by atoms with Crippen LogP contribution in [0.15, 0.2) is 11.8 Å². The molecule has 1 N–H and O–H groups in total. The number of carbonyl (C=O) groups excluding carboxylic acids is 2. The van der Waals surface area contributed by atoms with Crippen molar-refractivity contribution in [3.05, 3.63) is 11.8 Å². The van der Waals surface area contributed by atoms with Gasteiger partial charge in [0.1, 0.15) is 5.60 Å². The minimum atomic E-state index is -0.541. The van der Waals surface area contributed by atoms with Crippen LogP contribution in [0.4, 0.5) is 4.79 Å². The summed E-state index contributed by atoms with van der Waals surface area (Å²) in [7, 11) is 0. The van der Waals surface area contributed by atoms with Gasteiger partial charge >= 0.3 is 6.09 Å². The number of allylic oxidation sites excluding steroid dienone is 2. The molecular formula is C16H28N2O3. The Bertz CT molecular complexity index is 433. The minimum absolute atomic E-state index is 0.0833. The summed E-state index contributed by atoms with van der Waals surface area (Å²) in [4.78, 5) is 24.0. The molecule has 0 unspecified atom stereocenters. The smallest absolute Gasteiger partial charge is 0.429 e. The third-order valence-corrected chi connectivity index (χ3v) is 3.00. The number of hydrazine groups is 1. The van der Waals surface area contributed by atoms with Gasteiger partial charge in [0.05, 0.1) is 0 Å². The number of hydrogen-bond acceptors (Lipinski definition) is 4. The van der Waals surface area contributed by atoms with Crippen molar-refractivity contribution in [3.8, 4) is 0 Å². The van der Waals surface area contributed by atoms with Gasteiger partial charge in [0, 0.05) is 24.7 Å². The average Bonchev–Trinajstić information content (AvgIpc) is 2.22. The standard InChI is InChI=1S/C16H28N2O3/c1-7-8-18(14(20)21-15(2,3)4)17-12-9-13(19)11-16(5,6)10-12/h9,17H,7-8,10-11H2,1-6H3. The molecule has 0 saturated carbocycles. The van der Waals surface area contributed by atoms with Gasteiger partial charge in [-0.05, 0) is 39.0 Å². The summed E-state index contributed by atoms with van der Waals surface area (Å²) in [6.07, 6.45) is 3.26. The first-order valence-electron chi connectivity index (χ1n) is 7.53. The number of ether oxygens (including phenoxy) is 1. The lowest BCUT2D eigenvalue weighted by molar-refractivity contribution is -0.117. The molecule has 0 atom stereocenters. The molecule has 0 spiro atoms. The third-order valence-electron chi connectivity index (χ3n) is 3.00. The topological polar surface area (TPSA) is 58.6 Å². The predicted octanol–water partition coefficient (Wildman–Crippen LogP) is 3.41. The summed E-state index contributed by atoms with van der Waals surface area (Å²) >= 11 is 0. The van der Waals surface area contributed by atoms with E-state index in [-0.39, 0.29) is 11.2 Å². The zero-order valence-corrected chi connectivity index (χ0v) is 14.1. The van der Waals surface area contributed by atoms with Crippen molar-refractivity contribution in [1.82, 2.24) is 10.4 Å². The van der Waals surface area contributed by atoms with Crippen LogP contribution in [-0.2, 0) is 9.53 Å². The van der Waals surface area contributed by atoms with Crippen molar-refractivity contribution < 1.29 is 14.3 Å². The Morgan fingerprint density at radius 1 is 1.38 bits per heavy atom. The molecule has 1 amide bonds. The average molecular weight is 296 g/mol. The molecule has 0 aromatic carbocycles. The molecule has 0 bridgehead atoms. The molecule has 0 aromatic heterocycles. The van der Waals surface area contributed by atoms with Crippen LogP contribution in [0, 0.1) is 5.41 Å². The third kappa shape index (κ3) is 6.19. The molecule has 0 aromatic rings. The molecule has 1 aliphatic carbocycles. The molecule has 5 heteroatoms. The van der Waals surface area contributed by atoms with E-state index >= 15 is 0 Å². The Morgan fingerprint density at radius 3 is 2.48 bits per heavy atom. The van der Waals surface area contributed by atoms with E-state index in [0.717, 1.165) is 18.5 Å². The number of nitrogens with zero attached hydrogens (tertiary/aromatic N) is 1. The molecule has 0 saturated heterocycles. The summed E-state index contributed by atoms with van der Waals surface area (Å²) in [5.41, 5.74) is 3.21. The fourth-order valence-electron chi connectivity index (χ4n) is 2.32. The first kappa shape index (κ1) is 17.5. The maximum atomic E-state index is 12.2. The van der Waals surface area contributed by atoms with Gasteiger partial charge in [0.15, 0.2) is 5.78 Å². The quantitative estimate of drug-likeness (QED) is 0.808. The highest BCUT2D eigenvalue weighted by Gasteiger charge is 2.29. The van der Waals surface area contributed by atoms with Gasteiger partial charge in [-0.3, -0.25) is 10.2 Å². The summed E-state index contributed by atoms with van der Waals surface area (Å²) in [6.45, 7) is 12.1. The zero-order valence-electron chi connectivity index (χ0n) is 14.1. The monoisotopic (exact) mass is 296 g/mol. The molecule has 0 fully saturated rings. The van der Waals surface area contributed by atoms with Crippen molar-refractivity contribution >= 4 is 11.9 Å². The number of nitrogens with one attached hydrogen (secondary N) is 1. The van der Waals surface area contributed by atoms with Gasteiger partial charge in [0.25, 0.3) is 0 Å². The van der Waals surface area contributed by atoms with Crippen LogP contribution in [-0.4, -0.2) is 29.0 Å². The first-order chi connectivity index (χ1) is 9.52. The van der Waals surface area contributed by atoms with Crippen LogP contribution in [0.3, 0.4) is 0 Å². The van der Waals surface area contributed by atoms with Crippen LogP contribution < -0.4 is 5.43 Å². The van der Waals surface area contributed by atoms with Gasteiger partial charge in [-0.2, -0.15) is 0 Å². The highest BCUT2D eigenvalue weighted by atomic mass is 16.6.